The molecule has 4 nitrogen and oxygen atoms in total. The Balaban J connectivity index is 0.000000770. The fourth-order valence-electron chi connectivity index (χ4n) is 4.12. The van der Waals surface area contributed by atoms with Crippen LogP contribution in [0.1, 0.15) is 122 Å². The van der Waals surface area contributed by atoms with E-state index in [4.69, 9.17) is 0 Å². The van der Waals surface area contributed by atoms with E-state index >= 15 is 0 Å². The molecule has 0 aromatic heterocycles. The summed E-state index contributed by atoms with van der Waals surface area (Å²) in [5.74, 6) is 0. The maximum Gasteiger partial charge on any atom is 0.124 e. The molecule has 0 saturated carbocycles. The topological polar surface area (TPSA) is 57.2 Å². The zero-order chi connectivity index (χ0) is 25.7. The minimum atomic E-state index is -4.35. The fourth-order valence-corrected chi connectivity index (χ4v) is 4.86. The second kappa shape index (κ2) is 20.3. The Kier molecular flexibility index (Phi) is 19.8. The zero-order valence-corrected chi connectivity index (χ0v) is 23.9. The van der Waals surface area contributed by atoms with E-state index < -0.39 is 10.1 Å². The summed E-state index contributed by atoms with van der Waals surface area (Å²) in [6.07, 6.45) is 21.6. The van der Waals surface area contributed by atoms with E-state index in [0.717, 1.165) is 17.3 Å². The van der Waals surface area contributed by atoms with Crippen LogP contribution < -0.4 is 0 Å². The Morgan fingerprint density at radius 3 is 1.50 bits per heavy atom. The van der Waals surface area contributed by atoms with Crippen molar-refractivity contribution in [2.75, 3.05) is 27.7 Å². The van der Waals surface area contributed by atoms with Crippen LogP contribution >= 0.6 is 0 Å². The zero-order valence-electron chi connectivity index (χ0n) is 23.1. The number of quaternary nitrogens is 1. The number of unbranched alkanes of at least 4 members (excludes halogenated alkanes) is 14. The van der Waals surface area contributed by atoms with E-state index in [1.165, 1.54) is 103 Å². The van der Waals surface area contributed by atoms with Gasteiger partial charge in [-0.2, -0.15) is 0 Å². The molecule has 1 aromatic rings. The summed E-state index contributed by atoms with van der Waals surface area (Å²) < 4.78 is 34.7. The van der Waals surface area contributed by atoms with Crippen molar-refractivity contribution in [1.82, 2.24) is 0 Å². The molecule has 1 rings (SSSR count). The molecule has 0 unspecified atom stereocenters. The highest BCUT2D eigenvalue weighted by atomic mass is 32.2. The van der Waals surface area contributed by atoms with Crippen molar-refractivity contribution in [3.63, 3.8) is 0 Å². The van der Waals surface area contributed by atoms with E-state index in [-0.39, 0.29) is 4.90 Å². The Morgan fingerprint density at radius 1 is 0.647 bits per heavy atom. The molecule has 0 bridgehead atoms. The third-order valence-corrected chi connectivity index (χ3v) is 7.16. The van der Waals surface area contributed by atoms with Crippen molar-refractivity contribution < 1.29 is 17.5 Å². The molecule has 0 saturated heterocycles. The summed E-state index contributed by atoms with van der Waals surface area (Å²) in [5, 5.41) is 0. The third kappa shape index (κ3) is 20.5. The SMILES string of the molecule is CCCCCCCCCCCCc1ccccc1S(=O)(=O)[O-].CCCCCCCC[N+](C)(C)C. The van der Waals surface area contributed by atoms with Gasteiger partial charge >= 0.3 is 0 Å². The molecule has 1 aromatic carbocycles. The summed E-state index contributed by atoms with van der Waals surface area (Å²) in [6, 6.07) is 6.56. The standard InChI is InChI=1S/C18H30O3S.C11H26N/c1-2-3-4-5-6-7-8-9-10-11-14-17-15-12-13-16-18(17)22(19,20)21;1-5-6-7-8-9-10-11-12(2,3)4/h12-13,15-16H,2-11,14H2,1H3,(H,19,20,21);5-11H2,1-4H3/q;+1/p-1. The number of rotatable bonds is 19. The summed E-state index contributed by atoms with van der Waals surface area (Å²) in [6.45, 7) is 5.83. The first kappa shape index (κ1) is 33.1. The van der Waals surface area contributed by atoms with Crippen LogP contribution in [0.3, 0.4) is 0 Å². The van der Waals surface area contributed by atoms with Gasteiger partial charge in [-0.15, -0.1) is 0 Å². The highest BCUT2D eigenvalue weighted by molar-refractivity contribution is 7.85. The molecule has 200 valence electrons. The van der Waals surface area contributed by atoms with Gasteiger partial charge in [-0.3, -0.25) is 0 Å². The average molecular weight is 498 g/mol. The first-order chi connectivity index (χ1) is 16.1. The molecule has 0 aliphatic rings. The summed E-state index contributed by atoms with van der Waals surface area (Å²) in [7, 11) is 2.46. The normalized spacial score (nSPS) is 11.8. The molecule has 0 aliphatic carbocycles. The molecule has 0 radical (unpaired) electrons. The number of aryl methyl sites for hydroxylation is 1. The predicted octanol–water partition coefficient (Wildman–Crippen LogP) is 8.11. The van der Waals surface area contributed by atoms with Crippen molar-refractivity contribution >= 4 is 10.1 Å². The lowest BCUT2D eigenvalue weighted by Gasteiger charge is -2.23. The molecule has 0 aliphatic heterocycles. The van der Waals surface area contributed by atoms with Crippen LogP contribution in [0, 0.1) is 0 Å². The lowest BCUT2D eigenvalue weighted by Crippen LogP contribution is -2.35. The van der Waals surface area contributed by atoms with Crippen LogP contribution in [-0.2, 0) is 16.5 Å². The maximum absolute atomic E-state index is 11.2. The molecular formula is C29H55NO3S. The van der Waals surface area contributed by atoms with Crippen LogP contribution in [0.4, 0.5) is 0 Å². The molecular weight excluding hydrogens is 442 g/mol. The number of benzene rings is 1. The molecule has 0 atom stereocenters. The van der Waals surface area contributed by atoms with Crippen LogP contribution in [0.15, 0.2) is 29.2 Å². The number of hydrogen-bond acceptors (Lipinski definition) is 3. The second-order valence-corrected chi connectivity index (χ2v) is 12.1. The molecule has 5 heteroatoms. The van der Waals surface area contributed by atoms with Gasteiger partial charge < -0.3 is 9.04 Å². The van der Waals surface area contributed by atoms with Crippen molar-refractivity contribution in [3.8, 4) is 0 Å². The van der Waals surface area contributed by atoms with Crippen molar-refractivity contribution in [2.45, 2.75) is 128 Å². The van der Waals surface area contributed by atoms with Crippen molar-refractivity contribution in [2.24, 2.45) is 0 Å². The van der Waals surface area contributed by atoms with Crippen LogP contribution in [0.25, 0.3) is 0 Å². The lowest BCUT2D eigenvalue weighted by molar-refractivity contribution is -0.870. The van der Waals surface area contributed by atoms with Gasteiger partial charge in [0.1, 0.15) is 10.1 Å². The van der Waals surface area contributed by atoms with Crippen molar-refractivity contribution in [3.05, 3.63) is 29.8 Å². The van der Waals surface area contributed by atoms with Gasteiger partial charge in [0.15, 0.2) is 0 Å². The molecule has 0 amide bonds. The van der Waals surface area contributed by atoms with E-state index in [9.17, 15) is 13.0 Å². The second-order valence-electron chi connectivity index (χ2n) is 10.8. The number of hydrogen-bond donors (Lipinski definition) is 0. The minimum Gasteiger partial charge on any atom is -0.744 e. The van der Waals surface area contributed by atoms with Crippen molar-refractivity contribution in [1.29, 1.82) is 0 Å². The molecule has 34 heavy (non-hydrogen) atoms. The predicted molar refractivity (Wildman–Crippen MR) is 146 cm³/mol. The van der Waals surface area contributed by atoms with Gasteiger partial charge in [-0.05, 0) is 37.3 Å². The first-order valence-electron chi connectivity index (χ1n) is 14.0. The van der Waals surface area contributed by atoms with Gasteiger partial charge in [0.05, 0.1) is 32.6 Å². The average Bonchev–Trinajstić information content (AvgIpc) is 2.77. The molecule has 0 spiro atoms. The molecule has 0 fully saturated rings. The summed E-state index contributed by atoms with van der Waals surface area (Å²) >= 11 is 0. The fraction of sp³-hybridized carbons (Fsp3) is 0.793. The Labute approximate surface area is 212 Å². The smallest absolute Gasteiger partial charge is 0.124 e. The van der Waals surface area contributed by atoms with Gasteiger partial charge in [-0.25, -0.2) is 8.42 Å². The maximum atomic E-state index is 11.2. The highest BCUT2D eigenvalue weighted by Crippen LogP contribution is 2.18. The van der Waals surface area contributed by atoms with Gasteiger partial charge in [0.2, 0.25) is 0 Å². The highest BCUT2D eigenvalue weighted by Gasteiger charge is 2.07. The van der Waals surface area contributed by atoms with E-state index in [1.54, 1.807) is 18.2 Å². The monoisotopic (exact) mass is 497 g/mol. The summed E-state index contributed by atoms with van der Waals surface area (Å²) in [4.78, 5) is -0.0501. The van der Waals surface area contributed by atoms with Crippen LogP contribution in [0.2, 0.25) is 0 Å². The van der Waals surface area contributed by atoms with Crippen LogP contribution in [-0.4, -0.2) is 45.1 Å². The Morgan fingerprint density at radius 2 is 1.06 bits per heavy atom. The van der Waals surface area contributed by atoms with Gasteiger partial charge in [0, 0.05) is 0 Å². The first-order valence-corrected chi connectivity index (χ1v) is 15.4. The molecule has 0 N–H and O–H groups in total. The van der Waals surface area contributed by atoms with Crippen LogP contribution in [0.5, 0.6) is 0 Å². The van der Waals surface area contributed by atoms with E-state index in [0.29, 0.717) is 12.0 Å². The third-order valence-electron chi connectivity index (χ3n) is 6.22. The largest absolute Gasteiger partial charge is 0.744 e. The van der Waals surface area contributed by atoms with E-state index in [2.05, 4.69) is 35.0 Å². The Hall–Kier alpha value is -0.910. The van der Waals surface area contributed by atoms with Gasteiger partial charge in [0.25, 0.3) is 0 Å². The lowest BCUT2D eigenvalue weighted by atomic mass is 10.0. The van der Waals surface area contributed by atoms with E-state index in [1.807, 2.05) is 0 Å². The summed E-state index contributed by atoms with van der Waals surface area (Å²) in [5.41, 5.74) is 0.664. The Bertz CT molecular complexity index is 696. The minimum absolute atomic E-state index is 0.0501. The number of nitrogens with zero attached hydrogens (tertiary/aromatic N) is 1. The van der Waals surface area contributed by atoms with Gasteiger partial charge in [-0.1, -0.05) is 116 Å². The quantitative estimate of drug-likeness (QED) is 0.110. The molecule has 0 heterocycles.